The van der Waals surface area contributed by atoms with Crippen LogP contribution < -0.4 is 5.32 Å². The molecule has 1 N–H and O–H groups in total. The minimum Gasteiger partial charge on any atom is -0.465 e. The average molecular weight is 290 g/mol. The van der Waals surface area contributed by atoms with E-state index in [-0.39, 0.29) is 5.97 Å². The summed E-state index contributed by atoms with van der Waals surface area (Å²) in [6, 6.07) is 6.18. The van der Waals surface area contributed by atoms with Crippen LogP contribution in [0.2, 0.25) is 0 Å². The fourth-order valence-corrected chi connectivity index (χ4v) is 2.86. The number of hydrogen-bond donors (Lipinski definition) is 1. The molecule has 2 rings (SSSR count). The summed E-state index contributed by atoms with van der Waals surface area (Å²) in [5.41, 5.74) is 2.82. The first-order valence-electron chi connectivity index (χ1n) is 7.82. The molecule has 1 aliphatic rings. The standard InChI is InChI=1S/C17H26N2O2/c1-4-19-10-5-6-15(9-11-19)18-16-12-14(17(20)21-3)8-7-13(16)2/h7-8,12,15,18H,4-6,9-11H2,1-3H3. The van der Waals surface area contributed by atoms with Gasteiger partial charge in [0, 0.05) is 18.3 Å². The van der Waals surface area contributed by atoms with Gasteiger partial charge in [0.05, 0.1) is 12.7 Å². The largest absolute Gasteiger partial charge is 0.465 e. The van der Waals surface area contributed by atoms with Gasteiger partial charge in [-0.2, -0.15) is 0 Å². The van der Waals surface area contributed by atoms with E-state index in [1.165, 1.54) is 32.1 Å². The number of likely N-dealkylation sites (tertiary alicyclic amines) is 1. The number of nitrogens with one attached hydrogen (secondary N) is 1. The summed E-state index contributed by atoms with van der Waals surface area (Å²) in [4.78, 5) is 14.1. The predicted octanol–water partition coefficient (Wildman–Crippen LogP) is 3.07. The lowest BCUT2D eigenvalue weighted by molar-refractivity contribution is 0.0601. The van der Waals surface area contributed by atoms with Crippen LogP contribution in [0.3, 0.4) is 0 Å². The first-order chi connectivity index (χ1) is 10.1. The van der Waals surface area contributed by atoms with E-state index in [0.717, 1.165) is 25.2 Å². The number of ether oxygens (including phenoxy) is 1. The summed E-state index contributed by atoms with van der Waals surface area (Å²) >= 11 is 0. The molecule has 1 heterocycles. The van der Waals surface area contributed by atoms with Crippen molar-refractivity contribution in [2.75, 3.05) is 32.1 Å². The molecule has 1 atom stereocenters. The van der Waals surface area contributed by atoms with Crippen molar-refractivity contribution in [1.82, 2.24) is 4.90 Å². The smallest absolute Gasteiger partial charge is 0.337 e. The van der Waals surface area contributed by atoms with Crippen molar-refractivity contribution in [3.63, 3.8) is 0 Å². The van der Waals surface area contributed by atoms with E-state index in [4.69, 9.17) is 4.74 Å². The number of hydrogen-bond acceptors (Lipinski definition) is 4. The molecule has 0 amide bonds. The molecule has 0 saturated carbocycles. The number of rotatable bonds is 4. The molecular weight excluding hydrogens is 264 g/mol. The van der Waals surface area contributed by atoms with Gasteiger partial charge < -0.3 is 15.0 Å². The Morgan fingerprint density at radius 1 is 1.38 bits per heavy atom. The Morgan fingerprint density at radius 3 is 2.90 bits per heavy atom. The van der Waals surface area contributed by atoms with E-state index in [9.17, 15) is 4.79 Å². The van der Waals surface area contributed by atoms with Gasteiger partial charge in [-0.1, -0.05) is 13.0 Å². The second-order valence-electron chi connectivity index (χ2n) is 5.73. The van der Waals surface area contributed by atoms with Crippen LogP contribution in [-0.2, 0) is 4.74 Å². The number of aryl methyl sites for hydroxylation is 1. The molecule has 1 saturated heterocycles. The highest BCUT2D eigenvalue weighted by Crippen LogP contribution is 2.22. The number of methoxy groups -OCH3 is 1. The zero-order chi connectivity index (χ0) is 15.2. The number of benzene rings is 1. The van der Waals surface area contributed by atoms with Gasteiger partial charge in [-0.3, -0.25) is 0 Å². The van der Waals surface area contributed by atoms with Crippen LogP contribution in [0.15, 0.2) is 18.2 Å². The van der Waals surface area contributed by atoms with Crippen molar-refractivity contribution < 1.29 is 9.53 Å². The predicted molar refractivity (Wildman–Crippen MR) is 85.9 cm³/mol. The molecule has 0 aromatic heterocycles. The van der Waals surface area contributed by atoms with Crippen LogP contribution in [-0.4, -0.2) is 43.7 Å². The van der Waals surface area contributed by atoms with Crippen molar-refractivity contribution in [2.45, 2.75) is 39.2 Å². The first-order valence-corrected chi connectivity index (χ1v) is 7.82. The molecule has 1 aromatic carbocycles. The van der Waals surface area contributed by atoms with Crippen LogP contribution in [0.5, 0.6) is 0 Å². The maximum Gasteiger partial charge on any atom is 0.337 e. The first kappa shape index (κ1) is 15.8. The Hall–Kier alpha value is -1.55. The normalized spacial score (nSPS) is 19.9. The Bertz CT molecular complexity index is 488. The molecule has 1 unspecified atom stereocenters. The van der Waals surface area contributed by atoms with Gasteiger partial charge in [-0.05, 0) is 57.0 Å². The highest BCUT2D eigenvalue weighted by atomic mass is 16.5. The Morgan fingerprint density at radius 2 is 2.19 bits per heavy atom. The molecule has 21 heavy (non-hydrogen) atoms. The molecule has 0 aliphatic carbocycles. The highest BCUT2D eigenvalue weighted by molar-refractivity contribution is 5.90. The monoisotopic (exact) mass is 290 g/mol. The van der Waals surface area contributed by atoms with E-state index in [1.807, 2.05) is 18.2 Å². The maximum absolute atomic E-state index is 11.6. The van der Waals surface area contributed by atoms with Crippen molar-refractivity contribution in [2.24, 2.45) is 0 Å². The third kappa shape index (κ3) is 4.21. The Balaban J connectivity index is 2.06. The van der Waals surface area contributed by atoms with Gasteiger partial charge in [0.2, 0.25) is 0 Å². The number of carbonyl (C=O) groups is 1. The van der Waals surface area contributed by atoms with Gasteiger partial charge in [-0.25, -0.2) is 4.79 Å². The highest BCUT2D eigenvalue weighted by Gasteiger charge is 2.17. The number of esters is 1. The minimum absolute atomic E-state index is 0.281. The lowest BCUT2D eigenvalue weighted by Gasteiger charge is -2.20. The third-order valence-corrected chi connectivity index (χ3v) is 4.29. The molecule has 1 aromatic rings. The van der Waals surface area contributed by atoms with Gasteiger partial charge in [-0.15, -0.1) is 0 Å². The van der Waals surface area contributed by atoms with Gasteiger partial charge in [0.25, 0.3) is 0 Å². The minimum atomic E-state index is -0.281. The van der Waals surface area contributed by atoms with Crippen molar-refractivity contribution in [3.05, 3.63) is 29.3 Å². The molecule has 0 bridgehead atoms. The van der Waals surface area contributed by atoms with Crippen LogP contribution in [0.1, 0.15) is 42.1 Å². The van der Waals surface area contributed by atoms with Gasteiger partial charge in [0.15, 0.2) is 0 Å². The van der Waals surface area contributed by atoms with Crippen molar-refractivity contribution in [1.29, 1.82) is 0 Å². The van der Waals surface area contributed by atoms with E-state index in [2.05, 4.69) is 24.1 Å². The van der Waals surface area contributed by atoms with Gasteiger partial charge >= 0.3 is 5.97 Å². The molecule has 4 heteroatoms. The molecule has 1 aliphatic heterocycles. The van der Waals surface area contributed by atoms with Gasteiger partial charge in [0.1, 0.15) is 0 Å². The maximum atomic E-state index is 11.6. The van der Waals surface area contributed by atoms with E-state index in [0.29, 0.717) is 11.6 Å². The van der Waals surface area contributed by atoms with Crippen LogP contribution >= 0.6 is 0 Å². The molecule has 0 radical (unpaired) electrons. The van der Waals surface area contributed by atoms with Crippen LogP contribution in [0.4, 0.5) is 5.69 Å². The van der Waals surface area contributed by atoms with Crippen LogP contribution in [0.25, 0.3) is 0 Å². The molecule has 4 nitrogen and oxygen atoms in total. The summed E-state index contributed by atoms with van der Waals surface area (Å²) < 4.78 is 4.80. The van der Waals surface area contributed by atoms with Crippen molar-refractivity contribution >= 4 is 11.7 Å². The van der Waals surface area contributed by atoms with Crippen molar-refractivity contribution in [3.8, 4) is 0 Å². The van der Waals surface area contributed by atoms with Crippen LogP contribution in [0, 0.1) is 6.92 Å². The lowest BCUT2D eigenvalue weighted by atomic mass is 10.1. The van der Waals surface area contributed by atoms with E-state index < -0.39 is 0 Å². The lowest BCUT2D eigenvalue weighted by Crippen LogP contribution is -2.26. The van der Waals surface area contributed by atoms with E-state index >= 15 is 0 Å². The number of nitrogens with zero attached hydrogens (tertiary/aromatic N) is 1. The fraction of sp³-hybridized carbons (Fsp3) is 0.588. The second kappa shape index (κ2) is 7.46. The summed E-state index contributed by atoms with van der Waals surface area (Å²) in [6.07, 6.45) is 3.55. The Labute approximate surface area is 127 Å². The Kier molecular flexibility index (Phi) is 5.62. The second-order valence-corrected chi connectivity index (χ2v) is 5.73. The summed E-state index contributed by atoms with van der Waals surface area (Å²) in [6.45, 7) is 7.75. The average Bonchev–Trinajstić information content (AvgIpc) is 2.73. The molecular formula is C17H26N2O2. The molecule has 1 fully saturated rings. The molecule has 116 valence electrons. The summed E-state index contributed by atoms with van der Waals surface area (Å²) in [5.74, 6) is -0.281. The number of carbonyl (C=O) groups excluding carboxylic acids is 1. The fourth-order valence-electron chi connectivity index (χ4n) is 2.86. The summed E-state index contributed by atoms with van der Waals surface area (Å²) in [5, 5.41) is 3.62. The SMILES string of the molecule is CCN1CCCC(Nc2cc(C(=O)OC)ccc2C)CC1. The third-order valence-electron chi connectivity index (χ3n) is 4.29. The zero-order valence-corrected chi connectivity index (χ0v) is 13.3. The topological polar surface area (TPSA) is 41.6 Å². The van der Waals surface area contributed by atoms with E-state index in [1.54, 1.807) is 0 Å². The summed E-state index contributed by atoms with van der Waals surface area (Å²) in [7, 11) is 1.42. The zero-order valence-electron chi connectivity index (χ0n) is 13.3. The quantitative estimate of drug-likeness (QED) is 0.865. The number of anilines is 1. The molecule has 0 spiro atoms.